The summed E-state index contributed by atoms with van der Waals surface area (Å²) in [6.07, 6.45) is 2.70. The number of hydrogen-bond donors (Lipinski definition) is 1. The minimum atomic E-state index is -0.305. The third-order valence-corrected chi connectivity index (χ3v) is 4.01. The van der Waals surface area contributed by atoms with E-state index in [0.717, 1.165) is 42.8 Å². The summed E-state index contributed by atoms with van der Waals surface area (Å²) in [4.78, 5) is 11.6. The molecule has 0 aliphatic heterocycles. The lowest BCUT2D eigenvalue weighted by Crippen LogP contribution is -2.09. The molecule has 0 radical (unpaired) electrons. The van der Waals surface area contributed by atoms with Crippen molar-refractivity contribution >= 4 is 11.7 Å². The molecule has 1 aromatic rings. The maximum absolute atomic E-state index is 11.6. The van der Waals surface area contributed by atoms with Crippen LogP contribution in [-0.4, -0.2) is 26.2 Å². The summed E-state index contributed by atoms with van der Waals surface area (Å²) >= 11 is 0. The number of benzene rings is 1. The highest BCUT2D eigenvalue weighted by Gasteiger charge is 2.25. The standard InChI is InChI=1S/C18H22N2O3/c1-3-23-18(21)14-4-7-15(8-5-14)20-11-10-13-6-9-17(22-2)16(13)12-19/h4-5,7-8,13,20H,3,6,9-11H2,1-2H3. The molecule has 23 heavy (non-hydrogen) atoms. The van der Waals surface area contributed by atoms with Gasteiger partial charge in [0.15, 0.2) is 0 Å². The molecule has 0 saturated heterocycles. The molecule has 0 spiro atoms. The number of methoxy groups -OCH3 is 1. The van der Waals surface area contributed by atoms with Crippen LogP contribution in [0, 0.1) is 17.2 Å². The number of anilines is 1. The first-order valence-electron chi connectivity index (χ1n) is 7.87. The van der Waals surface area contributed by atoms with Gasteiger partial charge in [0.1, 0.15) is 5.76 Å². The van der Waals surface area contributed by atoms with Gasteiger partial charge in [0, 0.05) is 18.7 Å². The van der Waals surface area contributed by atoms with Gasteiger partial charge in [0.2, 0.25) is 0 Å². The summed E-state index contributed by atoms with van der Waals surface area (Å²) in [6, 6.07) is 9.50. The predicted octanol–water partition coefficient (Wildman–Crippen LogP) is 3.50. The van der Waals surface area contributed by atoms with E-state index in [9.17, 15) is 10.1 Å². The quantitative estimate of drug-likeness (QED) is 0.780. The molecular formula is C18H22N2O3. The van der Waals surface area contributed by atoms with E-state index in [1.807, 2.05) is 12.1 Å². The van der Waals surface area contributed by atoms with Crippen molar-refractivity contribution in [1.82, 2.24) is 0 Å². The zero-order chi connectivity index (χ0) is 16.7. The zero-order valence-corrected chi connectivity index (χ0v) is 13.6. The molecule has 1 aromatic carbocycles. The van der Waals surface area contributed by atoms with Crippen LogP contribution in [0.2, 0.25) is 0 Å². The van der Waals surface area contributed by atoms with E-state index < -0.39 is 0 Å². The lowest BCUT2D eigenvalue weighted by molar-refractivity contribution is 0.0526. The van der Waals surface area contributed by atoms with Crippen molar-refractivity contribution in [2.24, 2.45) is 5.92 Å². The van der Waals surface area contributed by atoms with Crippen molar-refractivity contribution in [2.45, 2.75) is 26.2 Å². The SMILES string of the molecule is CCOC(=O)c1ccc(NCCC2CCC(OC)=C2C#N)cc1. The van der Waals surface area contributed by atoms with Gasteiger partial charge < -0.3 is 14.8 Å². The van der Waals surface area contributed by atoms with Crippen LogP contribution in [0.4, 0.5) is 5.69 Å². The monoisotopic (exact) mass is 314 g/mol. The molecule has 0 bridgehead atoms. The summed E-state index contributed by atoms with van der Waals surface area (Å²) in [5, 5.41) is 12.6. The number of nitrogens with zero attached hydrogens (tertiary/aromatic N) is 1. The average Bonchev–Trinajstić information content (AvgIpc) is 2.97. The Morgan fingerprint density at radius 1 is 1.39 bits per heavy atom. The molecule has 1 unspecified atom stereocenters. The predicted molar refractivity (Wildman–Crippen MR) is 87.9 cm³/mol. The Labute approximate surface area is 136 Å². The van der Waals surface area contributed by atoms with Gasteiger partial charge in [-0.1, -0.05) is 0 Å². The van der Waals surface area contributed by atoms with Crippen LogP contribution in [0.3, 0.4) is 0 Å². The first-order valence-corrected chi connectivity index (χ1v) is 7.87. The minimum Gasteiger partial charge on any atom is -0.500 e. The van der Waals surface area contributed by atoms with Gasteiger partial charge in [-0.25, -0.2) is 4.79 Å². The number of nitrogens with one attached hydrogen (secondary N) is 1. The number of ether oxygens (including phenoxy) is 2. The van der Waals surface area contributed by atoms with Gasteiger partial charge >= 0.3 is 5.97 Å². The molecule has 0 aromatic heterocycles. The topological polar surface area (TPSA) is 71.3 Å². The van der Waals surface area contributed by atoms with E-state index in [0.29, 0.717) is 12.2 Å². The Kier molecular flexibility index (Phi) is 6.04. The minimum absolute atomic E-state index is 0.265. The van der Waals surface area contributed by atoms with Crippen molar-refractivity contribution in [3.63, 3.8) is 0 Å². The van der Waals surface area contributed by atoms with Crippen molar-refractivity contribution in [3.8, 4) is 6.07 Å². The maximum atomic E-state index is 11.6. The fourth-order valence-corrected chi connectivity index (χ4v) is 2.80. The fraction of sp³-hybridized carbons (Fsp3) is 0.444. The smallest absolute Gasteiger partial charge is 0.338 e. The lowest BCUT2D eigenvalue weighted by Gasteiger charge is -2.12. The Hall–Kier alpha value is -2.48. The number of hydrogen-bond acceptors (Lipinski definition) is 5. The molecule has 1 atom stereocenters. The van der Waals surface area contributed by atoms with Gasteiger partial charge in [-0.2, -0.15) is 5.26 Å². The second-order valence-electron chi connectivity index (χ2n) is 5.40. The largest absolute Gasteiger partial charge is 0.500 e. The van der Waals surface area contributed by atoms with Crippen molar-refractivity contribution in [3.05, 3.63) is 41.2 Å². The van der Waals surface area contributed by atoms with Crippen molar-refractivity contribution in [2.75, 3.05) is 25.6 Å². The van der Waals surface area contributed by atoms with Gasteiger partial charge in [0.05, 0.1) is 30.9 Å². The number of nitriles is 1. The van der Waals surface area contributed by atoms with Crippen LogP contribution in [0.15, 0.2) is 35.6 Å². The average molecular weight is 314 g/mol. The lowest BCUT2D eigenvalue weighted by atomic mass is 9.98. The van der Waals surface area contributed by atoms with E-state index in [2.05, 4.69) is 11.4 Å². The highest BCUT2D eigenvalue weighted by Crippen LogP contribution is 2.34. The number of allylic oxidation sites excluding steroid dienone is 2. The number of carbonyl (C=O) groups is 1. The Morgan fingerprint density at radius 3 is 2.74 bits per heavy atom. The summed E-state index contributed by atoms with van der Waals surface area (Å²) < 4.78 is 10.2. The fourth-order valence-electron chi connectivity index (χ4n) is 2.80. The van der Waals surface area contributed by atoms with Gasteiger partial charge in [-0.05, 0) is 49.9 Å². The molecule has 1 N–H and O–H groups in total. The highest BCUT2D eigenvalue weighted by molar-refractivity contribution is 5.89. The zero-order valence-electron chi connectivity index (χ0n) is 13.6. The maximum Gasteiger partial charge on any atom is 0.338 e. The third kappa shape index (κ3) is 4.26. The summed E-state index contributed by atoms with van der Waals surface area (Å²) in [5.41, 5.74) is 2.28. The van der Waals surface area contributed by atoms with E-state index in [4.69, 9.17) is 9.47 Å². The van der Waals surface area contributed by atoms with Crippen LogP contribution >= 0.6 is 0 Å². The van der Waals surface area contributed by atoms with Gasteiger partial charge in [0.25, 0.3) is 0 Å². The molecule has 5 nitrogen and oxygen atoms in total. The first-order chi connectivity index (χ1) is 11.2. The molecule has 2 rings (SSSR count). The molecule has 5 heteroatoms. The normalized spacial score (nSPS) is 16.8. The third-order valence-electron chi connectivity index (χ3n) is 4.01. The summed E-state index contributed by atoms with van der Waals surface area (Å²) in [7, 11) is 1.62. The van der Waals surface area contributed by atoms with Gasteiger partial charge in [-0.3, -0.25) is 0 Å². The number of esters is 1. The molecule has 1 aliphatic rings. The molecule has 0 heterocycles. The number of rotatable bonds is 7. The number of carbonyl (C=O) groups excluding carboxylic acids is 1. The van der Waals surface area contributed by atoms with Crippen LogP contribution in [0.1, 0.15) is 36.5 Å². The molecule has 122 valence electrons. The van der Waals surface area contributed by atoms with E-state index >= 15 is 0 Å². The summed E-state index contributed by atoms with van der Waals surface area (Å²) in [6.45, 7) is 2.93. The Balaban J connectivity index is 1.84. The van der Waals surface area contributed by atoms with Crippen molar-refractivity contribution in [1.29, 1.82) is 5.26 Å². The molecule has 0 amide bonds. The molecular weight excluding hydrogens is 292 g/mol. The van der Waals surface area contributed by atoms with Crippen LogP contribution in [-0.2, 0) is 9.47 Å². The van der Waals surface area contributed by atoms with Crippen LogP contribution in [0.25, 0.3) is 0 Å². The van der Waals surface area contributed by atoms with E-state index in [1.54, 1.807) is 26.2 Å². The Morgan fingerprint density at radius 2 is 2.13 bits per heavy atom. The van der Waals surface area contributed by atoms with E-state index in [-0.39, 0.29) is 11.9 Å². The van der Waals surface area contributed by atoms with Gasteiger partial charge in [-0.15, -0.1) is 0 Å². The van der Waals surface area contributed by atoms with Crippen LogP contribution in [0.5, 0.6) is 0 Å². The Bertz CT molecular complexity index is 614. The van der Waals surface area contributed by atoms with E-state index in [1.165, 1.54) is 0 Å². The van der Waals surface area contributed by atoms with Crippen LogP contribution < -0.4 is 5.32 Å². The molecule has 0 fully saturated rings. The van der Waals surface area contributed by atoms with Crippen molar-refractivity contribution < 1.29 is 14.3 Å². The first kappa shape index (κ1) is 16.9. The molecule has 0 saturated carbocycles. The molecule has 1 aliphatic carbocycles. The second kappa shape index (κ2) is 8.23. The second-order valence-corrected chi connectivity index (χ2v) is 5.40. The summed E-state index contributed by atoms with van der Waals surface area (Å²) in [5.74, 6) is 0.790. The highest BCUT2D eigenvalue weighted by atomic mass is 16.5.